The van der Waals surface area contributed by atoms with Gasteiger partial charge in [0.25, 0.3) is 0 Å². The first-order chi connectivity index (χ1) is 9.22. The van der Waals surface area contributed by atoms with E-state index in [1.165, 1.54) is 0 Å². The Bertz CT molecular complexity index is 514. The fourth-order valence-corrected chi connectivity index (χ4v) is 1.97. The number of carbonyl (C=O) groups excluding carboxylic acids is 1. The lowest BCUT2D eigenvalue weighted by Crippen LogP contribution is -2.46. The lowest BCUT2D eigenvalue weighted by atomic mass is 10.1. The van der Waals surface area contributed by atoms with E-state index in [0.717, 1.165) is 6.07 Å². The van der Waals surface area contributed by atoms with Crippen LogP contribution < -0.4 is 10.6 Å². The first kappa shape index (κ1) is 16.4. The van der Waals surface area contributed by atoms with Gasteiger partial charge in [0, 0.05) is 10.5 Å². The van der Waals surface area contributed by atoms with Gasteiger partial charge in [0.2, 0.25) is 0 Å². The normalized spacial score (nSPS) is 12.1. The first-order valence-corrected chi connectivity index (χ1v) is 6.46. The largest absolute Gasteiger partial charge is 0.480 e. The van der Waals surface area contributed by atoms with Crippen LogP contribution in [0.25, 0.3) is 0 Å². The van der Waals surface area contributed by atoms with Crippen molar-refractivity contribution >= 4 is 33.6 Å². The van der Waals surface area contributed by atoms with E-state index >= 15 is 0 Å². The summed E-state index contributed by atoms with van der Waals surface area (Å²) in [7, 11) is 0. The third-order valence-corrected chi connectivity index (χ3v) is 3.09. The van der Waals surface area contributed by atoms with Crippen molar-refractivity contribution in [3.63, 3.8) is 0 Å². The Morgan fingerprint density at radius 1 is 1.30 bits per heavy atom. The van der Waals surface area contributed by atoms with Gasteiger partial charge in [-0.3, -0.25) is 0 Å². The summed E-state index contributed by atoms with van der Waals surface area (Å²) in [5.41, 5.74) is -0.267. The van der Waals surface area contributed by atoms with Crippen molar-refractivity contribution in [2.75, 3.05) is 5.32 Å². The number of hydrogen-bond acceptors (Lipinski definition) is 2. The molecule has 0 saturated heterocycles. The number of halogens is 3. The van der Waals surface area contributed by atoms with Crippen molar-refractivity contribution in [3.05, 3.63) is 28.2 Å². The fraction of sp³-hybridized carbons (Fsp3) is 0.333. The highest BCUT2D eigenvalue weighted by Gasteiger charge is 2.24. The molecular weight excluding hydrogens is 338 g/mol. The topological polar surface area (TPSA) is 78.4 Å². The number of amides is 2. The van der Waals surface area contributed by atoms with E-state index in [4.69, 9.17) is 5.11 Å². The number of carboxylic acids is 1. The molecule has 0 radical (unpaired) electrons. The number of urea groups is 1. The van der Waals surface area contributed by atoms with Gasteiger partial charge in [-0.2, -0.15) is 0 Å². The number of aliphatic carboxylic acids is 1. The van der Waals surface area contributed by atoms with E-state index in [0.29, 0.717) is 6.07 Å². The molecule has 5 nitrogen and oxygen atoms in total. The van der Waals surface area contributed by atoms with Crippen LogP contribution in [0.5, 0.6) is 0 Å². The highest BCUT2D eigenvalue weighted by molar-refractivity contribution is 9.10. The molecule has 0 aliphatic carbocycles. The summed E-state index contributed by atoms with van der Waals surface area (Å²) in [4.78, 5) is 22.6. The lowest BCUT2D eigenvalue weighted by Gasteiger charge is -2.18. The number of hydrogen-bond donors (Lipinski definition) is 3. The van der Waals surface area contributed by atoms with Crippen LogP contribution in [0.4, 0.5) is 19.3 Å². The predicted molar refractivity (Wildman–Crippen MR) is 72.5 cm³/mol. The summed E-state index contributed by atoms with van der Waals surface area (Å²) < 4.78 is 26.4. The van der Waals surface area contributed by atoms with E-state index in [1.807, 2.05) is 0 Å². The second-order valence-electron chi connectivity index (χ2n) is 4.40. The average molecular weight is 351 g/mol. The van der Waals surface area contributed by atoms with E-state index < -0.39 is 29.7 Å². The summed E-state index contributed by atoms with van der Waals surface area (Å²) in [5, 5.41) is 13.3. The molecule has 0 spiro atoms. The number of rotatable bonds is 4. The molecule has 0 saturated carbocycles. The second kappa shape index (κ2) is 6.65. The van der Waals surface area contributed by atoms with Gasteiger partial charge in [-0.1, -0.05) is 13.8 Å². The molecule has 1 atom stereocenters. The average Bonchev–Trinajstić information content (AvgIpc) is 2.29. The van der Waals surface area contributed by atoms with Gasteiger partial charge in [0.15, 0.2) is 5.82 Å². The Morgan fingerprint density at radius 2 is 1.90 bits per heavy atom. The smallest absolute Gasteiger partial charge is 0.326 e. The van der Waals surface area contributed by atoms with Crippen molar-refractivity contribution in [1.82, 2.24) is 5.32 Å². The zero-order valence-electron chi connectivity index (χ0n) is 10.7. The van der Waals surface area contributed by atoms with Crippen LogP contribution in [0.2, 0.25) is 0 Å². The molecule has 3 N–H and O–H groups in total. The molecular formula is C12H13BrF2N2O3. The molecule has 0 heterocycles. The summed E-state index contributed by atoms with van der Waals surface area (Å²) in [6.45, 7) is 3.24. The number of anilines is 1. The molecule has 8 heteroatoms. The Balaban J connectivity index is 2.84. The molecule has 110 valence electrons. The minimum absolute atomic E-state index is 0.0153. The summed E-state index contributed by atoms with van der Waals surface area (Å²) in [5.74, 6) is -3.32. The quantitative estimate of drug-likeness (QED) is 0.781. The van der Waals surface area contributed by atoms with Gasteiger partial charge >= 0.3 is 12.0 Å². The predicted octanol–water partition coefficient (Wildman–Crippen LogP) is 2.96. The van der Waals surface area contributed by atoms with Crippen LogP contribution >= 0.6 is 15.9 Å². The maximum absolute atomic E-state index is 13.5. The van der Waals surface area contributed by atoms with Crippen LogP contribution in [-0.2, 0) is 4.79 Å². The Kier molecular flexibility index (Phi) is 5.43. The standard InChI is InChI=1S/C12H13BrF2N2O3/c1-5(2)9(11(18)19)16-12(20)17-10-7(13)3-6(14)4-8(10)15/h3-5,9H,1-2H3,(H,18,19)(H2,16,17,20)/t9-/m1/s1. The number of carbonyl (C=O) groups is 2. The van der Waals surface area contributed by atoms with Gasteiger partial charge in [0.05, 0.1) is 5.69 Å². The van der Waals surface area contributed by atoms with E-state index in [9.17, 15) is 18.4 Å². The van der Waals surface area contributed by atoms with Crippen molar-refractivity contribution < 1.29 is 23.5 Å². The van der Waals surface area contributed by atoms with Gasteiger partial charge < -0.3 is 15.7 Å². The van der Waals surface area contributed by atoms with Crippen molar-refractivity contribution in [2.24, 2.45) is 5.92 Å². The zero-order chi connectivity index (χ0) is 15.4. The van der Waals surface area contributed by atoms with Crippen LogP contribution in [0.15, 0.2) is 16.6 Å². The monoisotopic (exact) mass is 350 g/mol. The van der Waals surface area contributed by atoms with Gasteiger partial charge in [0.1, 0.15) is 11.9 Å². The molecule has 0 unspecified atom stereocenters. The van der Waals surface area contributed by atoms with Crippen LogP contribution in [0.1, 0.15) is 13.8 Å². The number of benzene rings is 1. The second-order valence-corrected chi connectivity index (χ2v) is 5.26. The van der Waals surface area contributed by atoms with Crippen molar-refractivity contribution in [1.29, 1.82) is 0 Å². The van der Waals surface area contributed by atoms with Crippen LogP contribution in [0, 0.1) is 17.6 Å². The maximum Gasteiger partial charge on any atom is 0.326 e. The van der Waals surface area contributed by atoms with E-state index in [1.54, 1.807) is 13.8 Å². The highest BCUT2D eigenvalue weighted by atomic mass is 79.9. The molecule has 0 aliphatic rings. The first-order valence-electron chi connectivity index (χ1n) is 5.67. The van der Waals surface area contributed by atoms with Crippen LogP contribution in [-0.4, -0.2) is 23.1 Å². The third kappa shape index (κ3) is 4.16. The van der Waals surface area contributed by atoms with E-state index in [-0.39, 0.29) is 16.1 Å². The Labute approximate surface area is 122 Å². The fourth-order valence-electron chi connectivity index (χ4n) is 1.47. The number of carboxylic acid groups (broad SMARTS) is 1. The minimum atomic E-state index is -1.20. The molecule has 0 aliphatic heterocycles. The summed E-state index contributed by atoms with van der Waals surface area (Å²) in [6, 6.07) is -0.414. The molecule has 0 fully saturated rings. The highest BCUT2D eigenvalue weighted by Crippen LogP contribution is 2.26. The molecule has 20 heavy (non-hydrogen) atoms. The van der Waals surface area contributed by atoms with Gasteiger partial charge in [-0.05, 0) is 27.9 Å². The van der Waals surface area contributed by atoms with Gasteiger partial charge in [-0.25, -0.2) is 18.4 Å². The van der Waals surface area contributed by atoms with Crippen molar-refractivity contribution in [2.45, 2.75) is 19.9 Å². The van der Waals surface area contributed by atoms with E-state index in [2.05, 4.69) is 26.6 Å². The molecule has 1 aromatic carbocycles. The number of nitrogens with one attached hydrogen (secondary N) is 2. The van der Waals surface area contributed by atoms with Crippen molar-refractivity contribution in [3.8, 4) is 0 Å². The maximum atomic E-state index is 13.5. The lowest BCUT2D eigenvalue weighted by molar-refractivity contribution is -0.140. The Morgan fingerprint density at radius 3 is 2.35 bits per heavy atom. The molecule has 1 aromatic rings. The molecule has 0 aromatic heterocycles. The summed E-state index contributed by atoms with van der Waals surface area (Å²) in [6.07, 6.45) is 0. The molecule has 0 bridgehead atoms. The van der Waals surface area contributed by atoms with Gasteiger partial charge in [-0.15, -0.1) is 0 Å². The SMILES string of the molecule is CC(C)[C@@H](NC(=O)Nc1c(F)cc(F)cc1Br)C(=O)O. The third-order valence-electron chi connectivity index (χ3n) is 2.46. The molecule has 2 amide bonds. The minimum Gasteiger partial charge on any atom is -0.480 e. The zero-order valence-corrected chi connectivity index (χ0v) is 12.3. The molecule has 1 rings (SSSR count). The van der Waals surface area contributed by atoms with Crippen LogP contribution in [0.3, 0.4) is 0 Å². The Hall–Kier alpha value is -1.70. The summed E-state index contributed by atoms with van der Waals surface area (Å²) >= 11 is 2.91.